The molecule has 3 aromatic carbocycles. The summed E-state index contributed by atoms with van der Waals surface area (Å²) in [5, 5.41) is 11.1. The summed E-state index contributed by atoms with van der Waals surface area (Å²) in [6, 6.07) is 20.4. The molecular weight excluding hydrogens is 464 g/mol. The van der Waals surface area contributed by atoms with Crippen LogP contribution in [-0.2, 0) is 14.8 Å². The summed E-state index contributed by atoms with van der Waals surface area (Å²) in [6.07, 6.45) is 0. The Hall–Kier alpha value is -3.11. The molecule has 4 rings (SSSR count). The minimum atomic E-state index is -3.84. The summed E-state index contributed by atoms with van der Waals surface area (Å²) in [4.78, 5) is 12.7. The molecule has 0 aliphatic carbocycles. The molecule has 0 unspecified atom stereocenters. The zero-order valence-electron chi connectivity index (χ0n) is 17.5. The van der Waals surface area contributed by atoms with Crippen LogP contribution in [-0.4, -0.2) is 44.9 Å². The highest BCUT2D eigenvalue weighted by atomic mass is 35.5. The highest BCUT2D eigenvalue weighted by molar-refractivity contribution is 7.89. The number of carbonyl (C=O) groups excluding carboxylic acids is 1. The predicted octanol–water partition coefficient (Wildman–Crippen LogP) is 5.03. The van der Waals surface area contributed by atoms with Gasteiger partial charge in [-0.3, -0.25) is 4.79 Å². The molecule has 1 aliphatic rings. The van der Waals surface area contributed by atoms with E-state index < -0.39 is 15.9 Å². The molecule has 10 heteroatoms. The lowest BCUT2D eigenvalue weighted by Gasteiger charge is -2.26. The predicted molar refractivity (Wildman–Crippen MR) is 126 cm³/mol. The fourth-order valence-electron chi connectivity index (χ4n) is 3.19. The Morgan fingerprint density at radius 1 is 0.909 bits per heavy atom. The van der Waals surface area contributed by atoms with Crippen LogP contribution in [0.5, 0.6) is 0 Å². The van der Waals surface area contributed by atoms with Crippen molar-refractivity contribution in [1.82, 2.24) is 4.31 Å². The zero-order valence-corrected chi connectivity index (χ0v) is 19.1. The molecule has 3 aromatic rings. The quantitative estimate of drug-likeness (QED) is 0.496. The summed E-state index contributed by atoms with van der Waals surface area (Å²) < 4.78 is 32.5. The number of hydrogen-bond acceptors (Lipinski definition) is 6. The molecule has 0 spiro atoms. The van der Waals surface area contributed by atoms with Crippen LogP contribution in [0, 0.1) is 0 Å². The molecule has 0 atom stereocenters. The molecule has 1 heterocycles. The number of sulfonamides is 1. The number of anilines is 1. The maximum absolute atomic E-state index is 13.0. The number of nitrogens with zero attached hydrogens (tertiary/aromatic N) is 3. The Labute approximate surface area is 196 Å². The van der Waals surface area contributed by atoms with E-state index in [-0.39, 0.29) is 28.6 Å². The second-order valence-corrected chi connectivity index (χ2v) is 9.51. The van der Waals surface area contributed by atoms with E-state index in [0.717, 1.165) is 5.69 Å². The van der Waals surface area contributed by atoms with Gasteiger partial charge < -0.3 is 10.1 Å². The highest BCUT2D eigenvalue weighted by Crippen LogP contribution is 2.27. The van der Waals surface area contributed by atoms with Crippen molar-refractivity contribution in [3.63, 3.8) is 0 Å². The number of azo groups is 1. The average molecular weight is 485 g/mol. The van der Waals surface area contributed by atoms with Crippen molar-refractivity contribution < 1.29 is 17.9 Å². The molecular formula is C23H21ClN4O4S. The van der Waals surface area contributed by atoms with Gasteiger partial charge in [-0.05, 0) is 54.6 Å². The molecule has 0 saturated carbocycles. The van der Waals surface area contributed by atoms with Crippen LogP contribution in [0.15, 0.2) is 87.9 Å². The number of hydrogen-bond donors (Lipinski definition) is 1. The Balaban J connectivity index is 1.47. The molecule has 8 nitrogen and oxygen atoms in total. The van der Waals surface area contributed by atoms with Gasteiger partial charge in [0.1, 0.15) is 4.90 Å². The fraction of sp³-hybridized carbons (Fsp3) is 0.174. The first-order valence-electron chi connectivity index (χ1n) is 10.2. The lowest BCUT2D eigenvalue weighted by molar-refractivity contribution is 0.0730. The van der Waals surface area contributed by atoms with Crippen molar-refractivity contribution in [3.8, 4) is 0 Å². The number of morpholine rings is 1. The number of ether oxygens (including phenoxy) is 1. The summed E-state index contributed by atoms with van der Waals surface area (Å²) in [5.41, 5.74) is 2.08. The molecule has 1 saturated heterocycles. The molecule has 1 N–H and O–H groups in total. The van der Waals surface area contributed by atoms with Gasteiger partial charge >= 0.3 is 0 Å². The maximum atomic E-state index is 13.0. The second kappa shape index (κ2) is 10.2. The smallest absolute Gasteiger partial charge is 0.255 e. The topological polar surface area (TPSA) is 100 Å². The highest BCUT2D eigenvalue weighted by Gasteiger charge is 2.29. The maximum Gasteiger partial charge on any atom is 0.255 e. The zero-order chi connectivity index (χ0) is 23.3. The largest absolute Gasteiger partial charge is 0.379 e. The van der Waals surface area contributed by atoms with Crippen LogP contribution in [0.3, 0.4) is 0 Å². The van der Waals surface area contributed by atoms with Gasteiger partial charge in [0.25, 0.3) is 5.91 Å². The number of amides is 1. The molecule has 1 amide bonds. The van der Waals surface area contributed by atoms with Gasteiger partial charge in [-0.1, -0.05) is 29.8 Å². The first-order chi connectivity index (χ1) is 15.9. The van der Waals surface area contributed by atoms with Crippen LogP contribution in [0.4, 0.5) is 17.1 Å². The number of carbonyl (C=O) groups is 1. The van der Waals surface area contributed by atoms with E-state index in [9.17, 15) is 13.2 Å². The van der Waals surface area contributed by atoms with Gasteiger partial charge in [-0.25, -0.2) is 8.42 Å². The van der Waals surface area contributed by atoms with E-state index >= 15 is 0 Å². The second-order valence-electron chi connectivity index (χ2n) is 7.20. The van der Waals surface area contributed by atoms with Crippen LogP contribution in [0.25, 0.3) is 0 Å². The average Bonchev–Trinajstić information content (AvgIpc) is 2.85. The van der Waals surface area contributed by atoms with Crippen molar-refractivity contribution in [1.29, 1.82) is 0 Å². The van der Waals surface area contributed by atoms with Gasteiger partial charge in [0, 0.05) is 24.3 Å². The number of rotatable bonds is 6. The summed E-state index contributed by atoms with van der Waals surface area (Å²) >= 11 is 6.17. The van der Waals surface area contributed by atoms with Gasteiger partial charge in [0.05, 0.1) is 29.6 Å². The Bertz CT molecular complexity index is 1260. The third-order valence-electron chi connectivity index (χ3n) is 4.94. The standard InChI is InChI=1S/C23H21ClN4O4S/c24-21-11-6-17(16-22(21)33(30,31)28-12-14-32-15-13-28)23(29)25-18-7-9-20(10-8-18)27-26-19-4-2-1-3-5-19/h1-11,16H,12-15H2,(H,25,29). The normalized spacial score (nSPS) is 14.9. The molecule has 0 aromatic heterocycles. The van der Waals surface area contributed by atoms with Crippen LogP contribution in [0.2, 0.25) is 5.02 Å². The van der Waals surface area contributed by atoms with Gasteiger partial charge in [-0.15, -0.1) is 0 Å². The van der Waals surface area contributed by atoms with Crippen LogP contribution in [0.1, 0.15) is 10.4 Å². The van der Waals surface area contributed by atoms with Crippen molar-refractivity contribution in [2.75, 3.05) is 31.6 Å². The van der Waals surface area contributed by atoms with Gasteiger partial charge in [-0.2, -0.15) is 14.5 Å². The summed E-state index contributed by atoms with van der Waals surface area (Å²) in [7, 11) is -3.84. The molecule has 170 valence electrons. The summed E-state index contributed by atoms with van der Waals surface area (Å²) in [6.45, 7) is 1.11. The van der Waals surface area contributed by atoms with Crippen molar-refractivity contribution in [2.45, 2.75) is 4.90 Å². The molecule has 1 fully saturated rings. The Kier molecular flexibility index (Phi) is 7.14. The first kappa shape index (κ1) is 23.1. The lowest BCUT2D eigenvalue weighted by atomic mass is 10.2. The minimum absolute atomic E-state index is 0.0613. The van der Waals surface area contributed by atoms with Crippen LogP contribution >= 0.6 is 11.6 Å². The molecule has 0 bridgehead atoms. The van der Waals surface area contributed by atoms with E-state index in [2.05, 4.69) is 15.5 Å². The van der Waals surface area contributed by atoms with E-state index in [4.69, 9.17) is 16.3 Å². The third kappa shape index (κ3) is 5.63. The van der Waals surface area contributed by atoms with Crippen LogP contribution < -0.4 is 5.32 Å². The van der Waals surface area contributed by atoms with E-state index in [1.54, 1.807) is 24.3 Å². The van der Waals surface area contributed by atoms with Crippen molar-refractivity contribution in [2.24, 2.45) is 10.2 Å². The molecule has 0 radical (unpaired) electrons. The Morgan fingerprint density at radius 2 is 1.55 bits per heavy atom. The van der Waals surface area contributed by atoms with E-state index in [0.29, 0.717) is 24.6 Å². The lowest BCUT2D eigenvalue weighted by Crippen LogP contribution is -2.40. The molecule has 1 aliphatic heterocycles. The third-order valence-corrected chi connectivity index (χ3v) is 7.32. The minimum Gasteiger partial charge on any atom is -0.379 e. The Morgan fingerprint density at radius 3 is 2.21 bits per heavy atom. The first-order valence-corrected chi connectivity index (χ1v) is 12.0. The number of halogens is 1. The fourth-order valence-corrected chi connectivity index (χ4v) is 5.10. The molecule has 33 heavy (non-hydrogen) atoms. The van der Waals surface area contributed by atoms with Crippen molar-refractivity contribution >= 4 is 44.6 Å². The van der Waals surface area contributed by atoms with Gasteiger partial charge in [0.2, 0.25) is 10.0 Å². The monoisotopic (exact) mass is 484 g/mol. The van der Waals surface area contributed by atoms with E-state index in [1.807, 2.05) is 30.3 Å². The van der Waals surface area contributed by atoms with Gasteiger partial charge in [0.15, 0.2) is 0 Å². The number of nitrogens with one attached hydrogen (secondary N) is 1. The SMILES string of the molecule is O=C(Nc1ccc(N=Nc2ccccc2)cc1)c1ccc(Cl)c(S(=O)(=O)N2CCOCC2)c1. The van der Waals surface area contributed by atoms with Crippen molar-refractivity contribution in [3.05, 3.63) is 83.4 Å². The summed E-state index contributed by atoms with van der Waals surface area (Å²) in [5.74, 6) is -0.455. The number of benzene rings is 3. The van der Waals surface area contributed by atoms with E-state index in [1.165, 1.54) is 22.5 Å².